The Bertz CT molecular complexity index is 4910. The summed E-state index contributed by atoms with van der Waals surface area (Å²) < 4.78 is 3.73. The van der Waals surface area contributed by atoms with Crippen molar-refractivity contribution in [3.05, 3.63) is 270 Å². The van der Waals surface area contributed by atoms with Crippen molar-refractivity contribution in [2.75, 3.05) is 14.7 Å². The summed E-state index contributed by atoms with van der Waals surface area (Å²) in [7, 11) is 0. The lowest BCUT2D eigenvalue weighted by Crippen LogP contribution is -2.61. The van der Waals surface area contributed by atoms with E-state index in [4.69, 9.17) is 0 Å². The van der Waals surface area contributed by atoms with Gasteiger partial charge in [-0.1, -0.05) is 196 Å². The number of hydrogen-bond acceptors (Lipinski definition) is 4. The van der Waals surface area contributed by atoms with Gasteiger partial charge in [-0.25, -0.2) is 0 Å². The molecular formula is C83H75BN4S. The first-order chi connectivity index (χ1) is 42.8. The first-order valence-corrected chi connectivity index (χ1v) is 32.4. The van der Waals surface area contributed by atoms with E-state index in [9.17, 15) is 0 Å². The van der Waals surface area contributed by atoms with Crippen molar-refractivity contribution in [2.45, 2.75) is 99.3 Å². The molecule has 0 saturated heterocycles. The Morgan fingerprint density at radius 3 is 1.53 bits per heavy atom. The number of benzene rings is 11. The highest BCUT2D eigenvalue weighted by atomic mass is 32.1. The number of hydrogen-bond donors (Lipinski definition) is 0. The molecule has 436 valence electrons. The summed E-state index contributed by atoms with van der Waals surface area (Å²) in [6.45, 7) is 27.7. The molecule has 0 aliphatic carbocycles. The summed E-state index contributed by atoms with van der Waals surface area (Å²) in [4.78, 5) is 9.01. The van der Waals surface area contributed by atoms with E-state index in [1.165, 1.54) is 120 Å². The third-order valence-electron chi connectivity index (χ3n) is 18.9. The summed E-state index contributed by atoms with van der Waals surface area (Å²) in [5.41, 5.74) is 29.1. The monoisotopic (exact) mass is 1170 g/mol. The lowest BCUT2D eigenvalue weighted by molar-refractivity contribution is 0.590. The smallest absolute Gasteiger partial charge is 0.252 e. The Labute approximate surface area is 530 Å². The molecule has 2 aliphatic rings. The van der Waals surface area contributed by atoms with Crippen LogP contribution in [-0.2, 0) is 16.2 Å². The van der Waals surface area contributed by atoms with Crippen LogP contribution in [0.3, 0.4) is 0 Å². The van der Waals surface area contributed by atoms with Crippen LogP contribution in [0.1, 0.15) is 95.7 Å². The molecule has 0 atom stereocenters. The van der Waals surface area contributed by atoms with Crippen LogP contribution in [0.4, 0.5) is 51.2 Å². The molecule has 0 fully saturated rings. The van der Waals surface area contributed by atoms with Gasteiger partial charge in [-0.15, -0.1) is 11.3 Å². The van der Waals surface area contributed by atoms with Gasteiger partial charge in [0.15, 0.2) is 0 Å². The molecule has 2 aliphatic heterocycles. The van der Waals surface area contributed by atoms with Gasteiger partial charge in [0.05, 0.1) is 11.0 Å². The van der Waals surface area contributed by atoms with Crippen LogP contribution in [0, 0.1) is 20.8 Å². The maximum absolute atomic E-state index is 2.63. The van der Waals surface area contributed by atoms with Gasteiger partial charge in [0, 0.05) is 88.2 Å². The van der Waals surface area contributed by atoms with Crippen molar-refractivity contribution in [3.8, 4) is 27.3 Å². The second kappa shape index (κ2) is 20.9. The zero-order valence-corrected chi connectivity index (χ0v) is 54.1. The highest BCUT2D eigenvalue weighted by Crippen LogP contribution is 2.52. The number of aromatic nitrogens is 1. The molecule has 15 rings (SSSR count). The van der Waals surface area contributed by atoms with E-state index in [0.717, 1.165) is 39.6 Å². The number of fused-ring (bicyclic) bond motifs is 8. The molecule has 0 unspecified atom stereocenters. The van der Waals surface area contributed by atoms with Gasteiger partial charge in [0.2, 0.25) is 0 Å². The van der Waals surface area contributed by atoms with Crippen molar-refractivity contribution in [2.24, 2.45) is 0 Å². The summed E-state index contributed by atoms with van der Waals surface area (Å²) >= 11 is 1.91. The lowest BCUT2D eigenvalue weighted by atomic mass is 9.33. The first-order valence-electron chi connectivity index (χ1n) is 31.6. The minimum atomic E-state index is -0.0718. The van der Waals surface area contributed by atoms with Crippen molar-refractivity contribution in [3.63, 3.8) is 0 Å². The molecule has 4 nitrogen and oxygen atoms in total. The predicted octanol–water partition coefficient (Wildman–Crippen LogP) is 21.7. The largest absolute Gasteiger partial charge is 0.311 e. The molecule has 4 heterocycles. The van der Waals surface area contributed by atoms with E-state index >= 15 is 0 Å². The van der Waals surface area contributed by atoms with Crippen molar-refractivity contribution < 1.29 is 0 Å². The standard InChI is InChI=1S/C83H75BN4S/c1-52-45-74-79-75(46-52)88(64-47-53(2)77(54(3)48-64)80-78(55-23-15-13-16-24-55)67-28-20-22-30-76(67)89-80)73-51-63(41-44-69(73)84(79)68-43-35-58(83(10,11)12)49-72(68)87(74)61-38-33-57(34-39-61)82(7,8)9)85(60-36-31-56(32-37-60)81(4,5)6)62-40-42-66-65-27-19-21-29-70(65)86(71(66)50-62)59-25-17-14-18-26-59/h13-51H,1-12H3. The molecule has 0 spiro atoms. The number of nitrogens with zero attached hydrogens (tertiary/aromatic N) is 4. The summed E-state index contributed by atoms with van der Waals surface area (Å²) in [5, 5.41) is 3.75. The molecule has 2 aromatic heterocycles. The van der Waals surface area contributed by atoms with Gasteiger partial charge in [-0.3, -0.25) is 0 Å². The Kier molecular flexibility index (Phi) is 13.2. The topological polar surface area (TPSA) is 14.7 Å². The van der Waals surface area contributed by atoms with E-state index in [-0.39, 0.29) is 23.0 Å². The third kappa shape index (κ3) is 9.40. The Hall–Kier alpha value is -9.36. The summed E-state index contributed by atoms with van der Waals surface area (Å²) in [5.74, 6) is 0. The molecule has 11 aromatic carbocycles. The van der Waals surface area contributed by atoms with Crippen LogP contribution in [0.5, 0.6) is 0 Å². The average Bonchev–Trinajstić information content (AvgIpc) is 1.48. The number of anilines is 9. The van der Waals surface area contributed by atoms with Crippen LogP contribution in [-0.4, -0.2) is 11.3 Å². The highest BCUT2D eigenvalue weighted by molar-refractivity contribution is 7.23. The van der Waals surface area contributed by atoms with Crippen LogP contribution >= 0.6 is 11.3 Å². The van der Waals surface area contributed by atoms with Gasteiger partial charge in [0.25, 0.3) is 6.71 Å². The number of para-hydroxylation sites is 2. The van der Waals surface area contributed by atoms with E-state index in [0.29, 0.717) is 0 Å². The van der Waals surface area contributed by atoms with E-state index in [2.05, 4.69) is 339 Å². The maximum Gasteiger partial charge on any atom is 0.252 e. The number of thiophene rings is 1. The average molecular weight is 1170 g/mol. The van der Waals surface area contributed by atoms with Crippen molar-refractivity contribution in [1.29, 1.82) is 0 Å². The van der Waals surface area contributed by atoms with Crippen LogP contribution in [0.2, 0.25) is 0 Å². The fraction of sp³-hybridized carbons (Fsp3) is 0.181. The van der Waals surface area contributed by atoms with E-state index < -0.39 is 0 Å². The molecule has 0 bridgehead atoms. The van der Waals surface area contributed by atoms with Gasteiger partial charge in [-0.2, -0.15) is 0 Å². The highest BCUT2D eigenvalue weighted by Gasteiger charge is 2.44. The predicted molar refractivity (Wildman–Crippen MR) is 386 cm³/mol. The van der Waals surface area contributed by atoms with Crippen molar-refractivity contribution in [1.82, 2.24) is 4.57 Å². The molecule has 0 amide bonds. The van der Waals surface area contributed by atoms with Gasteiger partial charge in [0.1, 0.15) is 0 Å². The fourth-order valence-corrected chi connectivity index (χ4v) is 15.8. The van der Waals surface area contributed by atoms with Crippen molar-refractivity contribution >= 4 is 118 Å². The van der Waals surface area contributed by atoms with E-state index in [1.807, 2.05) is 11.3 Å². The first kappa shape index (κ1) is 56.2. The third-order valence-corrected chi connectivity index (χ3v) is 20.1. The molecule has 6 heteroatoms. The zero-order chi connectivity index (χ0) is 61.4. The Morgan fingerprint density at radius 2 is 0.876 bits per heavy atom. The number of aryl methyl sites for hydroxylation is 3. The molecule has 89 heavy (non-hydrogen) atoms. The second-order valence-corrected chi connectivity index (χ2v) is 29.1. The maximum atomic E-state index is 2.63. The molecular weight excluding hydrogens is 1100 g/mol. The lowest BCUT2D eigenvalue weighted by Gasteiger charge is -2.45. The zero-order valence-electron chi connectivity index (χ0n) is 53.3. The quantitative estimate of drug-likeness (QED) is 0.141. The Balaban J connectivity index is 0.999. The molecule has 0 radical (unpaired) electrons. The summed E-state index contributed by atoms with van der Waals surface area (Å²) in [6.07, 6.45) is 0. The minimum absolute atomic E-state index is 0.0145. The SMILES string of the molecule is Cc1cc2c3c(c1)N(c1ccc(C(C)(C)C)cc1)c1cc(C(C)(C)C)ccc1B3c1ccc(N(c3ccc(C(C)(C)C)cc3)c3ccc4c5ccccc5n(-c5ccccc5)c4c3)cc1N2c1cc(C)c(-c2sc3ccccc3c2-c2ccccc2)c(C)c1. The Morgan fingerprint density at radius 1 is 0.371 bits per heavy atom. The van der Waals surface area contributed by atoms with E-state index in [1.54, 1.807) is 0 Å². The fourth-order valence-electron chi connectivity index (χ4n) is 14.4. The molecule has 0 saturated carbocycles. The molecule has 13 aromatic rings. The molecule has 0 N–H and O–H groups in total. The van der Waals surface area contributed by atoms with Crippen LogP contribution in [0.25, 0.3) is 59.1 Å². The van der Waals surface area contributed by atoms with Gasteiger partial charge < -0.3 is 19.3 Å². The number of rotatable bonds is 8. The van der Waals surface area contributed by atoms with Crippen LogP contribution < -0.4 is 31.1 Å². The van der Waals surface area contributed by atoms with Crippen LogP contribution in [0.15, 0.2) is 237 Å². The minimum Gasteiger partial charge on any atom is -0.311 e. The summed E-state index contributed by atoms with van der Waals surface area (Å²) in [6, 6.07) is 90.0. The normalized spacial score (nSPS) is 13.1. The van der Waals surface area contributed by atoms with Gasteiger partial charge >= 0.3 is 0 Å². The van der Waals surface area contributed by atoms with Gasteiger partial charge in [-0.05, 0) is 201 Å². The second-order valence-electron chi connectivity index (χ2n) is 28.0.